The highest BCUT2D eigenvalue weighted by Crippen LogP contribution is 2.19. The predicted molar refractivity (Wildman–Crippen MR) is 72.7 cm³/mol. The van der Waals surface area contributed by atoms with E-state index in [1.165, 1.54) is 12.1 Å². The molecule has 0 saturated heterocycles. The Morgan fingerprint density at radius 2 is 1.84 bits per heavy atom. The van der Waals surface area contributed by atoms with Crippen molar-refractivity contribution in [3.8, 4) is 0 Å². The largest absolute Gasteiger partial charge is 0.350 e. The average molecular weight is 254 g/mol. The standard InChI is InChI=1S/C15H11FN2O/c16-12-7-4-8-13-11(12)9-14(18-13)15(19)17-10-5-2-1-3-6-10/h1-9,18H,(H,17,19). The molecule has 0 aliphatic rings. The molecule has 1 aromatic heterocycles. The van der Waals surface area contributed by atoms with Gasteiger partial charge in [-0.25, -0.2) is 4.39 Å². The van der Waals surface area contributed by atoms with Gasteiger partial charge in [-0.15, -0.1) is 0 Å². The maximum atomic E-state index is 13.5. The van der Waals surface area contributed by atoms with Gasteiger partial charge in [0.25, 0.3) is 5.91 Å². The van der Waals surface area contributed by atoms with Gasteiger partial charge in [0, 0.05) is 16.6 Å². The third-order valence-corrected chi connectivity index (χ3v) is 2.89. The van der Waals surface area contributed by atoms with Crippen LogP contribution >= 0.6 is 0 Å². The molecule has 0 aliphatic heterocycles. The van der Waals surface area contributed by atoms with Crippen LogP contribution in [0.1, 0.15) is 10.5 Å². The van der Waals surface area contributed by atoms with Crippen LogP contribution in [0.4, 0.5) is 10.1 Å². The van der Waals surface area contributed by atoms with Crippen LogP contribution in [0.25, 0.3) is 10.9 Å². The highest BCUT2D eigenvalue weighted by molar-refractivity contribution is 6.05. The van der Waals surface area contributed by atoms with E-state index in [1.54, 1.807) is 24.3 Å². The van der Waals surface area contributed by atoms with Gasteiger partial charge in [0.1, 0.15) is 11.5 Å². The lowest BCUT2D eigenvalue weighted by atomic mass is 10.2. The lowest BCUT2D eigenvalue weighted by Gasteiger charge is -2.02. The average Bonchev–Trinajstić information content (AvgIpc) is 2.85. The number of amides is 1. The van der Waals surface area contributed by atoms with Crippen LogP contribution in [-0.2, 0) is 0 Å². The molecule has 0 saturated carbocycles. The summed E-state index contributed by atoms with van der Waals surface area (Å²) in [4.78, 5) is 14.9. The van der Waals surface area contributed by atoms with Crippen molar-refractivity contribution in [2.24, 2.45) is 0 Å². The third kappa shape index (κ3) is 2.20. The fourth-order valence-corrected chi connectivity index (χ4v) is 1.96. The Bertz CT molecular complexity index is 734. The lowest BCUT2D eigenvalue weighted by molar-refractivity contribution is 0.102. The molecule has 3 aromatic rings. The summed E-state index contributed by atoms with van der Waals surface area (Å²) in [5.74, 6) is -0.630. The van der Waals surface area contributed by atoms with Gasteiger partial charge in [-0.1, -0.05) is 24.3 Å². The van der Waals surface area contributed by atoms with Crippen molar-refractivity contribution in [2.75, 3.05) is 5.32 Å². The summed E-state index contributed by atoms with van der Waals surface area (Å²) in [6.45, 7) is 0. The highest BCUT2D eigenvalue weighted by Gasteiger charge is 2.11. The van der Waals surface area contributed by atoms with Crippen LogP contribution in [0, 0.1) is 5.82 Å². The molecule has 0 bridgehead atoms. The molecule has 2 N–H and O–H groups in total. The molecule has 0 spiro atoms. The number of hydrogen-bond donors (Lipinski definition) is 2. The summed E-state index contributed by atoms with van der Waals surface area (Å²) in [7, 11) is 0. The number of nitrogens with one attached hydrogen (secondary N) is 2. The van der Waals surface area contributed by atoms with E-state index in [-0.39, 0.29) is 11.7 Å². The molecule has 0 unspecified atom stereocenters. The van der Waals surface area contributed by atoms with Crippen LogP contribution in [0.3, 0.4) is 0 Å². The first kappa shape index (κ1) is 11.5. The second-order valence-electron chi connectivity index (χ2n) is 4.20. The molecule has 0 atom stereocenters. The van der Waals surface area contributed by atoms with Crippen LogP contribution in [0.5, 0.6) is 0 Å². The van der Waals surface area contributed by atoms with Crippen LogP contribution in [0.2, 0.25) is 0 Å². The van der Waals surface area contributed by atoms with Crippen molar-refractivity contribution in [2.45, 2.75) is 0 Å². The van der Waals surface area contributed by atoms with Gasteiger partial charge in [0.2, 0.25) is 0 Å². The number of aromatic nitrogens is 1. The third-order valence-electron chi connectivity index (χ3n) is 2.89. The number of para-hydroxylation sites is 1. The summed E-state index contributed by atoms with van der Waals surface area (Å²) >= 11 is 0. The van der Waals surface area contributed by atoms with Gasteiger partial charge < -0.3 is 10.3 Å². The normalized spacial score (nSPS) is 10.6. The molecule has 1 heterocycles. The van der Waals surface area contributed by atoms with Gasteiger partial charge in [0.15, 0.2) is 0 Å². The predicted octanol–water partition coefficient (Wildman–Crippen LogP) is 3.56. The van der Waals surface area contributed by atoms with E-state index in [4.69, 9.17) is 0 Å². The molecular weight excluding hydrogens is 243 g/mol. The number of fused-ring (bicyclic) bond motifs is 1. The van der Waals surface area contributed by atoms with Crippen molar-refractivity contribution < 1.29 is 9.18 Å². The number of carbonyl (C=O) groups excluding carboxylic acids is 1. The molecule has 94 valence electrons. The Kier molecular flexibility index (Phi) is 2.76. The number of carbonyl (C=O) groups is 1. The number of benzene rings is 2. The van der Waals surface area contributed by atoms with Crippen LogP contribution in [0.15, 0.2) is 54.6 Å². The first-order valence-corrected chi connectivity index (χ1v) is 5.88. The minimum absolute atomic E-state index is 0.290. The SMILES string of the molecule is O=C(Nc1ccccc1)c1cc2c(F)cccc2[nH]1. The Labute approximate surface area is 109 Å². The van der Waals surface area contributed by atoms with Crippen molar-refractivity contribution in [3.05, 3.63) is 66.1 Å². The van der Waals surface area contributed by atoms with Crippen LogP contribution in [-0.4, -0.2) is 10.9 Å². The van der Waals surface area contributed by atoms with E-state index in [0.717, 1.165) is 0 Å². The Hall–Kier alpha value is -2.62. The zero-order valence-corrected chi connectivity index (χ0v) is 9.98. The maximum absolute atomic E-state index is 13.5. The van der Waals surface area contributed by atoms with Crippen LogP contribution < -0.4 is 5.32 Å². The van der Waals surface area contributed by atoms with E-state index in [1.807, 2.05) is 18.2 Å². The van der Waals surface area contributed by atoms with Crippen molar-refractivity contribution in [1.29, 1.82) is 0 Å². The Morgan fingerprint density at radius 1 is 1.05 bits per heavy atom. The quantitative estimate of drug-likeness (QED) is 0.721. The number of anilines is 1. The Balaban J connectivity index is 1.92. The first-order chi connectivity index (χ1) is 9.24. The maximum Gasteiger partial charge on any atom is 0.272 e. The van der Waals surface area contributed by atoms with E-state index in [2.05, 4.69) is 10.3 Å². The molecule has 1 amide bonds. The molecular formula is C15H11FN2O. The Morgan fingerprint density at radius 3 is 2.58 bits per heavy atom. The summed E-state index contributed by atoms with van der Waals surface area (Å²) in [5, 5.41) is 3.16. The zero-order valence-electron chi connectivity index (χ0n) is 9.98. The molecule has 3 rings (SSSR count). The fraction of sp³-hybridized carbons (Fsp3) is 0. The van der Waals surface area contributed by atoms with Gasteiger partial charge in [-0.3, -0.25) is 4.79 Å². The molecule has 2 aromatic carbocycles. The lowest BCUT2D eigenvalue weighted by Crippen LogP contribution is -2.11. The summed E-state index contributed by atoms with van der Waals surface area (Å²) in [5.41, 5.74) is 1.65. The summed E-state index contributed by atoms with van der Waals surface area (Å²) in [6, 6.07) is 15.3. The number of hydrogen-bond acceptors (Lipinski definition) is 1. The van der Waals surface area contributed by atoms with E-state index < -0.39 is 0 Å². The molecule has 0 fully saturated rings. The van der Waals surface area contributed by atoms with Gasteiger partial charge in [0.05, 0.1) is 0 Å². The minimum Gasteiger partial charge on any atom is -0.350 e. The number of rotatable bonds is 2. The van der Waals surface area contributed by atoms with Gasteiger partial charge in [-0.05, 0) is 30.3 Å². The van der Waals surface area contributed by atoms with Crippen molar-refractivity contribution in [3.63, 3.8) is 0 Å². The second kappa shape index (κ2) is 4.57. The second-order valence-corrected chi connectivity index (χ2v) is 4.20. The zero-order chi connectivity index (χ0) is 13.2. The number of H-pyrrole nitrogens is 1. The topological polar surface area (TPSA) is 44.9 Å². The van der Waals surface area contributed by atoms with Crippen molar-refractivity contribution in [1.82, 2.24) is 4.98 Å². The number of aromatic amines is 1. The van der Waals surface area contributed by atoms with E-state index in [9.17, 15) is 9.18 Å². The van der Waals surface area contributed by atoms with Gasteiger partial charge in [-0.2, -0.15) is 0 Å². The molecule has 19 heavy (non-hydrogen) atoms. The van der Waals surface area contributed by atoms with Gasteiger partial charge >= 0.3 is 0 Å². The monoisotopic (exact) mass is 254 g/mol. The van der Waals surface area contributed by atoms with E-state index in [0.29, 0.717) is 22.3 Å². The highest BCUT2D eigenvalue weighted by atomic mass is 19.1. The van der Waals surface area contributed by atoms with Crippen molar-refractivity contribution >= 4 is 22.5 Å². The summed E-state index contributed by atoms with van der Waals surface area (Å²) < 4.78 is 13.5. The number of halogens is 1. The summed E-state index contributed by atoms with van der Waals surface area (Å²) in [6.07, 6.45) is 0. The molecule has 0 radical (unpaired) electrons. The molecule has 0 aliphatic carbocycles. The van der Waals surface area contributed by atoms with E-state index >= 15 is 0 Å². The molecule has 4 heteroatoms. The smallest absolute Gasteiger partial charge is 0.272 e. The molecule has 3 nitrogen and oxygen atoms in total. The first-order valence-electron chi connectivity index (χ1n) is 5.88. The fourth-order valence-electron chi connectivity index (χ4n) is 1.96. The minimum atomic E-state index is -0.340.